The first kappa shape index (κ1) is 16.8. The van der Waals surface area contributed by atoms with E-state index in [9.17, 15) is 14.4 Å². The smallest absolute Gasteiger partial charge is 0.254 e. The summed E-state index contributed by atoms with van der Waals surface area (Å²) >= 11 is 2.34. The van der Waals surface area contributed by atoms with Crippen molar-refractivity contribution in [1.82, 2.24) is 15.0 Å². The first-order valence-electron chi connectivity index (χ1n) is 7.47. The summed E-state index contributed by atoms with van der Waals surface area (Å²) in [5.41, 5.74) is 2.10. The van der Waals surface area contributed by atoms with Crippen molar-refractivity contribution in [3.8, 4) is 0 Å². The summed E-state index contributed by atoms with van der Waals surface area (Å²) in [6, 6.07) is 0. The fourth-order valence-electron chi connectivity index (χ4n) is 2.55. The average molecular weight is 364 g/mol. The van der Waals surface area contributed by atoms with E-state index in [1.807, 2.05) is 0 Å². The molecule has 0 bridgehead atoms. The zero-order valence-electron chi connectivity index (χ0n) is 13.3. The highest BCUT2D eigenvalue weighted by atomic mass is 32.2. The predicted octanol–water partition coefficient (Wildman–Crippen LogP) is 1.96. The summed E-state index contributed by atoms with van der Waals surface area (Å²) in [6.07, 6.45) is 2.53. The summed E-state index contributed by atoms with van der Waals surface area (Å²) < 4.78 is 0. The third kappa shape index (κ3) is 3.57. The number of hydrogen-bond donors (Lipinski definition) is 2. The number of carbonyl (C=O) groups is 2. The molecule has 9 heteroatoms. The van der Waals surface area contributed by atoms with E-state index in [4.69, 9.17) is 0 Å². The van der Waals surface area contributed by atoms with Crippen molar-refractivity contribution < 1.29 is 9.59 Å². The van der Waals surface area contributed by atoms with Crippen LogP contribution in [0.5, 0.6) is 0 Å². The number of nitrogens with zero attached hydrogens (tertiary/aromatic N) is 2. The number of nitrogens with one attached hydrogen (secondary N) is 2. The molecule has 7 nitrogen and oxygen atoms in total. The number of hydrogen-bond acceptors (Lipinski definition) is 7. The van der Waals surface area contributed by atoms with E-state index in [0.29, 0.717) is 20.9 Å². The van der Waals surface area contributed by atoms with Crippen LogP contribution in [0.1, 0.15) is 40.0 Å². The van der Waals surface area contributed by atoms with Gasteiger partial charge in [-0.1, -0.05) is 23.1 Å². The maximum Gasteiger partial charge on any atom is 0.254 e. The monoisotopic (exact) mass is 364 g/mol. The van der Waals surface area contributed by atoms with Crippen LogP contribution in [0.4, 0.5) is 5.13 Å². The fraction of sp³-hybridized carbons (Fsp3) is 0.400. The molecular formula is C15H16N4O3S2. The number of aryl methyl sites for hydroxylation is 2. The molecule has 0 atom stereocenters. The number of thiazole rings is 1. The highest BCUT2D eigenvalue weighted by Crippen LogP contribution is 2.24. The van der Waals surface area contributed by atoms with E-state index < -0.39 is 0 Å². The summed E-state index contributed by atoms with van der Waals surface area (Å²) in [5.74, 6) is -0.220. The van der Waals surface area contributed by atoms with Crippen molar-refractivity contribution in [3.05, 3.63) is 32.2 Å². The Labute approximate surface area is 146 Å². The number of aromatic nitrogens is 3. The Bertz CT molecular complexity index is 872. The average Bonchev–Trinajstić information content (AvgIpc) is 3.12. The SMILES string of the molecule is CC(=O)c1sc(NC(=O)CSc2nc3c(c(=O)[nH]2)CCC3)nc1C. The maximum absolute atomic E-state index is 12.0. The predicted molar refractivity (Wildman–Crippen MR) is 93.1 cm³/mol. The lowest BCUT2D eigenvalue weighted by molar-refractivity contribution is -0.113. The minimum Gasteiger partial charge on any atom is -0.301 e. The molecule has 3 rings (SSSR count). The highest BCUT2D eigenvalue weighted by Gasteiger charge is 2.18. The Hall–Kier alpha value is -2.00. The molecule has 0 aromatic carbocycles. The number of fused-ring (bicyclic) bond motifs is 1. The van der Waals surface area contributed by atoms with Crippen molar-refractivity contribution in [2.45, 2.75) is 38.3 Å². The van der Waals surface area contributed by atoms with Crippen LogP contribution in [-0.2, 0) is 17.6 Å². The fourth-order valence-corrected chi connectivity index (χ4v) is 4.11. The number of rotatable bonds is 5. The van der Waals surface area contributed by atoms with Crippen molar-refractivity contribution >= 4 is 39.9 Å². The summed E-state index contributed by atoms with van der Waals surface area (Å²) in [7, 11) is 0. The second-order valence-corrected chi connectivity index (χ2v) is 7.44. The maximum atomic E-state index is 12.0. The Balaban J connectivity index is 1.62. The summed E-state index contributed by atoms with van der Waals surface area (Å²) in [5, 5.41) is 3.53. The molecule has 0 saturated heterocycles. The van der Waals surface area contributed by atoms with E-state index in [2.05, 4.69) is 20.3 Å². The Kier molecular flexibility index (Phi) is 4.81. The second kappa shape index (κ2) is 6.86. The summed E-state index contributed by atoms with van der Waals surface area (Å²) in [4.78, 5) is 47.2. The second-order valence-electron chi connectivity index (χ2n) is 5.48. The van der Waals surface area contributed by atoms with Gasteiger partial charge in [0.1, 0.15) is 0 Å². The molecule has 1 amide bonds. The molecule has 0 saturated carbocycles. The first-order valence-corrected chi connectivity index (χ1v) is 9.27. The largest absolute Gasteiger partial charge is 0.301 e. The van der Waals surface area contributed by atoms with Gasteiger partial charge in [-0.3, -0.25) is 14.4 Å². The molecule has 0 fully saturated rings. The van der Waals surface area contributed by atoms with Crippen molar-refractivity contribution in [2.24, 2.45) is 0 Å². The van der Waals surface area contributed by atoms with Gasteiger partial charge < -0.3 is 10.3 Å². The third-order valence-corrected chi connectivity index (χ3v) is 5.67. The number of Topliss-reactive ketones (excluding diaryl/α,β-unsaturated/α-hetero) is 1. The quantitative estimate of drug-likeness (QED) is 0.477. The first-order chi connectivity index (χ1) is 11.4. The zero-order valence-corrected chi connectivity index (χ0v) is 14.9. The van der Waals surface area contributed by atoms with Crippen molar-refractivity contribution in [2.75, 3.05) is 11.1 Å². The van der Waals surface area contributed by atoms with Gasteiger partial charge in [0.15, 0.2) is 16.1 Å². The standard InChI is InChI=1S/C15H16N4O3S2/c1-7-12(8(2)20)24-15(16-7)18-11(21)6-23-14-17-10-5-3-4-9(10)13(22)19-14/h3-6H2,1-2H3,(H,16,18,21)(H,17,19,22). The molecule has 126 valence electrons. The van der Waals surface area contributed by atoms with Crippen LogP contribution in [0.2, 0.25) is 0 Å². The molecule has 0 radical (unpaired) electrons. The number of aromatic amines is 1. The minimum atomic E-state index is -0.257. The van der Waals surface area contributed by atoms with Gasteiger partial charge in [-0.25, -0.2) is 9.97 Å². The number of amides is 1. The summed E-state index contributed by atoms with van der Waals surface area (Å²) in [6.45, 7) is 3.20. The lowest BCUT2D eigenvalue weighted by Crippen LogP contribution is -2.17. The lowest BCUT2D eigenvalue weighted by Gasteiger charge is -2.03. The van der Waals surface area contributed by atoms with E-state index in [1.54, 1.807) is 6.92 Å². The van der Waals surface area contributed by atoms with E-state index in [-0.39, 0.29) is 23.0 Å². The Morgan fingerprint density at radius 2 is 2.12 bits per heavy atom. The molecule has 0 unspecified atom stereocenters. The van der Waals surface area contributed by atoms with E-state index in [1.165, 1.54) is 18.7 Å². The molecule has 2 N–H and O–H groups in total. The van der Waals surface area contributed by atoms with Gasteiger partial charge in [-0.2, -0.15) is 0 Å². The van der Waals surface area contributed by atoms with Crippen LogP contribution >= 0.6 is 23.1 Å². The Morgan fingerprint density at radius 1 is 1.33 bits per heavy atom. The van der Waals surface area contributed by atoms with Gasteiger partial charge in [0.25, 0.3) is 5.56 Å². The van der Waals surface area contributed by atoms with Gasteiger partial charge in [-0.05, 0) is 26.2 Å². The van der Waals surface area contributed by atoms with Gasteiger partial charge in [0.2, 0.25) is 5.91 Å². The molecule has 1 aliphatic rings. The van der Waals surface area contributed by atoms with Gasteiger partial charge in [0, 0.05) is 12.5 Å². The van der Waals surface area contributed by atoms with Crippen molar-refractivity contribution in [3.63, 3.8) is 0 Å². The molecular weight excluding hydrogens is 348 g/mol. The van der Waals surface area contributed by atoms with Crippen LogP contribution < -0.4 is 10.9 Å². The zero-order chi connectivity index (χ0) is 17.3. The normalized spacial score (nSPS) is 12.9. The van der Waals surface area contributed by atoms with Crippen LogP contribution in [-0.4, -0.2) is 32.4 Å². The number of carbonyl (C=O) groups excluding carboxylic acids is 2. The highest BCUT2D eigenvalue weighted by molar-refractivity contribution is 7.99. The van der Waals surface area contributed by atoms with Gasteiger partial charge in [-0.15, -0.1) is 0 Å². The third-order valence-electron chi connectivity index (χ3n) is 3.62. The molecule has 0 aliphatic heterocycles. The van der Waals surface area contributed by atoms with Gasteiger partial charge in [0.05, 0.1) is 22.0 Å². The molecule has 0 spiro atoms. The Morgan fingerprint density at radius 3 is 2.83 bits per heavy atom. The van der Waals surface area contributed by atoms with Crippen LogP contribution in [0.3, 0.4) is 0 Å². The number of anilines is 1. The topological polar surface area (TPSA) is 105 Å². The molecule has 2 heterocycles. The van der Waals surface area contributed by atoms with Crippen LogP contribution in [0.15, 0.2) is 9.95 Å². The van der Waals surface area contributed by atoms with Crippen LogP contribution in [0, 0.1) is 6.92 Å². The van der Waals surface area contributed by atoms with E-state index in [0.717, 1.165) is 41.9 Å². The van der Waals surface area contributed by atoms with Crippen molar-refractivity contribution in [1.29, 1.82) is 0 Å². The number of ketones is 1. The van der Waals surface area contributed by atoms with Crippen LogP contribution in [0.25, 0.3) is 0 Å². The number of H-pyrrole nitrogens is 1. The molecule has 2 aromatic rings. The molecule has 1 aliphatic carbocycles. The minimum absolute atomic E-state index is 0.0696. The van der Waals surface area contributed by atoms with E-state index >= 15 is 0 Å². The molecule has 2 aromatic heterocycles. The molecule has 24 heavy (non-hydrogen) atoms. The number of thioether (sulfide) groups is 1. The van der Waals surface area contributed by atoms with Gasteiger partial charge >= 0.3 is 0 Å². The lowest BCUT2D eigenvalue weighted by atomic mass is 10.3.